The summed E-state index contributed by atoms with van der Waals surface area (Å²) in [4.78, 5) is 19.1. The molecule has 0 aromatic heterocycles. The van der Waals surface area contributed by atoms with Crippen molar-refractivity contribution >= 4 is 34.6 Å². The Hall–Kier alpha value is -3.04. The zero-order valence-corrected chi connectivity index (χ0v) is 14.4. The minimum absolute atomic E-state index is 0.00960. The van der Waals surface area contributed by atoms with E-state index < -0.39 is 0 Å². The van der Waals surface area contributed by atoms with Gasteiger partial charge in [-0.2, -0.15) is 5.26 Å². The summed E-state index contributed by atoms with van der Waals surface area (Å²) in [6.07, 6.45) is 1.80. The zero-order valence-electron chi connectivity index (χ0n) is 13.5. The van der Waals surface area contributed by atoms with Gasteiger partial charge in [-0.1, -0.05) is 30.3 Å². The van der Waals surface area contributed by atoms with Crippen molar-refractivity contribution in [2.45, 2.75) is 0 Å². The van der Waals surface area contributed by atoms with E-state index in [0.29, 0.717) is 15.8 Å². The number of hydrogen-bond acceptors (Lipinski definition) is 5. The highest BCUT2D eigenvalue weighted by Gasteiger charge is 2.30. The second-order valence-electron chi connectivity index (χ2n) is 5.22. The van der Waals surface area contributed by atoms with Crippen LogP contribution < -0.4 is 4.74 Å². The van der Waals surface area contributed by atoms with Gasteiger partial charge in [0.2, 0.25) is 0 Å². The van der Waals surface area contributed by atoms with Gasteiger partial charge in [-0.3, -0.25) is 9.69 Å². The van der Waals surface area contributed by atoms with Crippen molar-refractivity contribution in [2.24, 2.45) is 4.99 Å². The highest BCUT2D eigenvalue weighted by atomic mass is 32.2. The second-order valence-corrected chi connectivity index (χ2v) is 6.23. The lowest BCUT2D eigenvalue weighted by Gasteiger charge is -2.06. The van der Waals surface area contributed by atoms with Crippen LogP contribution in [0, 0.1) is 11.3 Å². The van der Waals surface area contributed by atoms with Crippen LogP contribution >= 0.6 is 11.8 Å². The Morgan fingerprint density at radius 3 is 2.80 bits per heavy atom. The van der Waals surface area contributed by atoms with Crippen LogP contribution in [0.2, 0.25) is 0 Å². The monoisotopic (exact) mass is 349 g/mol. The van der Waals surface area contributed by atoms with Crippen LogP contribution in [0.5, 0.6) is 5.75 Å². The summed E-state index contributed by atoms with van der Waals surface area (Å²) >= 11 is 1.33. The van der Waals surface area contributed by atoms with Crippen LogP contribution in [0.1, 0.15) is 5.56 Å². The van der Waals surface area contributed by atoms with Gasteiger partial charge in [-0.15, -0.1) is 0 Å². The van der Waals surface area contributed by atoms with Gasteiger partial charge in [-0.25, -0.2) is 4.99 Å². The number of amidine groups is 1. The third-order valence-electron chi connectivity index (χ3n) is 3.44. The number of para-hydroxylation sites is 1. The highest BCUT2D eigenvalue weighted by Crippen LogP contribution is 2.33. The number of thioether (sulfide) groups is 1. The number of aliphatic imine (C=N–C) groups is 1. The number of carbonyl (C=O) groups excluding carboxylic acids is 1. The van der Waals surface area contributed by atoms with Gasteiger partial charge in [0, 0.05) is 7.05 Å². The normalized spacial score (nSPS) is 17.1. The molecule has 0 bridgehead atoms. The first-order valence-electron chi connectivity index (χ1n) is 7.58. The number of likely N-dealkylation sites (N-methyl/N-ethyl adjacent to an activating group) is 1. The summed E-state index contributed by atoms with van der Waals surface area (Å²) in [6.45, 7) is -0.00960. The lowest BCUT2D eigenvalue weighted by atomic mass is 10.2. The Balaban J connectivity index is 1.84. The maximum Gasteiger partial charge on any atom is 0.266 e. The number of hydrogen-bond donors (Lipinski definition) is 0. The predicted octanol–water partition coefficient (Wildman–Crippen LogP) is 3.82. The van der Waals surface area contributed by atoms with Gasteiger partial charge in [0.25, 0.3) is 5.91 Å². The van der Waals surface area contributed by atoms with Crippen LogP contribution in [-0.4, -0.2) is 29.6 Å². The smallest absolute Gasteiger partial charge is 0.266 e. The molecule has 0 unspecified atom stereocenters. The van der Waals surface area contributed by atoms with Crippen molar-refractivity contribution in [3.63, 3.8) is 0 Å². The molecule has 0 radical (unpaired) electrons. The summed E-state index contributed by atoms with van der Waals surface area (Å²) in [7, 11) is 1.71. The number of rotatable bonds is 4. The molecule has 2 aromatic rings. The molecule has 1 amide bonds. The Labute approximate surface area is 150 Å². The first-order valence-corrected chi connectivity index (χ1v) is 8.40. The molecule has 0 aliphatic carbocycles. The van der Waals surface area contributed by atoms with Crippen LogP contribution in [0.15, 0.2) is 64.5 Å². The van der Waals surface area contributed by atoms with Gasteiger partial charge in [0.15, 0.2) is 11.8 Å². The molecule has 3 rings (SSSR count). The average molecular weight is 349 g/mol. The summed E-state index contributed by atoms with van der Waals surface area (Å²) in [5.74, 6) is 0.501. The predicted molar refractivity (Wildman–Crippen MR) is 99.4 cm³/mol. The van der Waals surface area contributed by atoms with Gasteiger partial charge in [0.05, 0.1) is 10.6 Å². The summed E-state index contributed by atoms with van der Waals surface area (Å²) in [6, 6.07) is 18.7. The summed E-state index contributed by atoms with van der Waals surface area (Å²) in [5.41, 5.74) is 1.64. The lowest BCUT2D eigenvalue weighted by Crippen LogP contribution is -2.23. The maximum atomic E-state index is 12.4. The van der Waals surface area contributed by atoms with Crippen LogP contribution in [0.3, 0.4) is 0 Å². The standard InChI is InChI=1S/C19H15N3O2S/c1-22-18(23)17(25-19(22)21-15-7-3-2-4-8-15)13-14-6-5-9-16(12-14)24-11-10-20/h2-9,12-13H,11H2,1H3/b17-13+,21-19?. The molecule has 6 heteroatoms. The van der Waals surface area contributed by atoms with Crippen molar-refractivity contribution in [3.8, 4) is 11.8 Å². The van der Waals surface area contributed by atoms with E-state index in [9.17, 15) is 4.79 Å². The van der Waals surface area contributed by atoms with Crippen molar-refractivity contribution in [1.82, 2.24) is 4.90 Å². The molecule has 0 spiro atoms. The van der Waals surface area contributed by atoms with Gasteiger partial charge in [0.1, 0.15) is 11.8 Å². The molecule has 1 saturated heterocycles. The highest BCUT2D eigenvalue weighted by molar-refractivity contribution is 8.18. The van der Waals surface area contributed by atoms with Gasteiger partial charge in [-0.05, 0) is 47.7 Å². The topological polar surface area (TPSA) is 65.7 Å². The van der Waals surface area contributed by atoms with Crippen LogP contribution in [0.25, 0.3) is 6.08 Å². The molecule has 5 nitrogen and oxygen atoms in total. The van der Waals surface area contributed by atoms with E-state index in [4.69, 9.17) is 10.00 Å². The average Bonchev–Trinajstić information content (AvgIpc) is 2.89. The Morgan fingerprint density at radius 1 is 1.24 bits per heavy atom. The number of amides is 1. The number of nitriles is 1. The maximum absolute atomic E-state index is 12.4. The molecular weight excluding hydrogens is 334 g/mol. The van der Waals surface area contributed by atoms with E-state index in [1.807, 2.05) is 48.5 Å². The van der Waals surface area contributed by atoms with Crippen molar-refractivity contribution in [3.05, 3.63) is 65.1 Å². The quantitative estimate of drug-likeness (QED) is 0.787. The molecule has 1 aliphatic heterocycles. The fraction of sp³-hybridized carbons (Fsp3) is 0.105. The van der Waals surface area contributed by atoms with E-state index in [1.54, 1.807) is 30.2 Å². The number of benzene rings is 2. The van der Waals surface area contributed by atoms with Crippen molar-refractivity contribution < 1.29 is 9.53 Å². The Morgan fingerprint density at radius 2 is 2.04 bits per heavy atom. The number of ether oxygens (including phenoxy) is 1. The lowest BCUT2D eigenvalue weighted by molar-refractivity contribution is -0.121. The van der Waals surface area contributed by atoms with Gasteiger partial charge < -0.3 is 4.74 Å². The van der Waals surface area contributed by atoms with Crippen molar-refractivity contribution in [1.29, 1.82) is 5.26 Å². The number of nitrogens with zero attached hydrogens (tertiary/aromatic N) is 3. The van der Waals surface area contributed by atoms with Crippen LogP contribution in [-0.2, 0) is 4.79 Å². The summed E-state index contributed by atoms with van der Waals surface area (Å²) < 4.78 is 5.29. The van der Waals surface area contributed by atoms with Gasteiger partial charge >= 0.3 is 0 Å². The minimum Gasteiger partial charge on any atom is -0.479 e. The third kappa shape index (κ3) is 4.08. The third-order valence-corrected chi connectivity index (χ3v) is 4.50. The number of carbonyl (C=O) groups is 1. The molecule has 25 heavy (non-hydrogen) atoms. The Bertz CT molecular complexity index is 885. The van der Waals surface area contributed by atoms with E-state index in [1.165, 1.54) is 11.8 Å². The Kier molecular flexibility index (Phi) is 5.17. The SMILES string of the molecule is CN1C(=O)/C(=C\c2cccc(OCC#N)c2)SC1=Nc1ccccc1. The molecule has 124 valence electrons. The van der Waals surface area contributed by atoms with Crippen LogP contribution in [0.4, 0.5) is 5.69 Å². The zero-order chi connectivity index (χ0) is 17.6. The molecule has 1 heterocycles. The first-order chi connectivity index (χ1) is 12.2. The fourth-order valence-corrected chi connectivity index (χ4v) is 3.21. The first kappa shape index (κ1) is 16.8. The molecule has 0 atom stereocenters. The molecule has 0 N–H and O–H groups in total. The van der Waals surface area contributed by atoms with E-state index in [-0.39, 0.29) is 12.5 Å². The molecular formula is C19H15N3O2S. The molecule has 2 aromatic carbocycles. The molecule has 1 aliphatic rings. The van der Waals surface area contributed by atoms with E-state index in [0.717, 1.165) is 11.3 Å². The molecule has 0 saturated carbocycles. The summed E-state index contributed by atoms with van der Waals surface area (Å²) in [5, 5.41) is 9.23. The molecule has 1 fully saturated rings. The van der Waals surface area contributed by atoms with E-state index >= 15 is 0 Å². The van der Waals surface area contributed by atoms with Crippen molar-refractivity contribution in [2.75, 3.05) is 13.7 Å². The largest absolute Gasteiger partial charge is 0.479 e. The fourth-order valence-electron chi connectivity index (χ4n) is 2.23. The minimum atomic E-state index is -0.0944. The van der Waals surface area contributed by atoms with E-state index in [2.05, 4.69) is 4.99 Å². The second kappa shape index (κ2) is 7.69.